The van der Waals surface area contributed by atoms with E-state index < -0.39 is 15.4 Å². The molecule has 6 rings (SSSR count). The third kappa shape index (κ3) is 4.61. The number of nitrogens with one attached hydrogen (secondary N) is 1. The molecule has 0 radical (unpaired) electrons. The number of rotatable bonds is 6. The van der Waals surface area contributed by atoms with Crippen molar-refractivity contribution in [2.45, 2.75) is 30.4 Å². The molecule has 2 aliphatic rings. The zero-order chi connectivity index (χ0) is 26.7. The van der Waals surface area contributed by atoms with E-state index in [1.165, 1.54) is 6.07 Å². The zero-order valence-corrected chi connectivity index (χ0v) is 21.9. The average Bonchev–Trinajstić information content (AvgIpc) is 3.41. The van der Waals surface area contributed by atoms with Crippen LogP contribution < -0.4 is 10.2 Å². The summed E-state index contributed by atoms with van der Waals surface area (Å²) in [5.41, 5.74) is 3.12. The van der Waals surface area contributed by atoms with Crippen LogP contribution in [0.2, 0.25) is 0 Å². The van der Waals surface area contributed by atoms with Crippen LogP contribution in [0.4, 0.5) is 5.82 Å². The number of amides is 1. The fraction of sp³-hybridized carbons (Fsp3) is 0.286. The van der Waals surface area contributed by atoms with Gasteiger partial charge in [0.05, 0.1) is 39.6 Å². The second-order valence-electron chi connectivity index (χ2n) is 10.3. The van der Waals surface area contributed by atoms with Gasteiger partial charge >= 0.3 is 0 Å². The number of anilines is 1. The Morgan fingerprint density at radius 3 is 2.71 bits per heavy atom. The van der Waals surface area contributed by atoms with Gasteiger partial charge in [-0.1, -0.05) is 12.1 Å². The van der Waals surface area contributed by atoms with Gasteiger partial charge in [0.2, 0.25) is 0 Å². The van der Waals surface area contributed by atoms with Crippen LogP contribution in [-0.2, 0) is 16.4 Å². The summed E-state index contributed by atoms with van der Waals surface area (Å²) in [5, 5.41) is 14.1. The number of sulfone groups is 1. The van der Waals surface area contributed by atoms with E-state index in [-0.39, 0.29) is 22.9 Å². The molecule has 0 bridgehead atoms. The highest BCUT2D eigenvalue weighted by atomic mass is 32.2. The van der Waals surface area contributed by atoms with Gasteiger partial charge in [0.25, 0.3) is 5.91 Å². The van der Waals surface area contributed by atoms with E-state index in [0.29, 0.717) is 23.7 Å². The smallest absolute Gasteiger partial charge is 0.251 e. The fourth-order valence-corrected chi connectivity index (χ4v) is 6.08. The lowest BCUT2D eigenvalue weighted by molar-refractivity contribution is 0.0950. The van der Waals surface area contributed by atoms with Crippen LogP contribution >= 0.6 is 0 Å². The molecule has 1 aliphatic heterocycles. The molecule has 1 saturated heterocycles. The Labute approximate surface area is 220 Å². The normalized spacial score (nSPS) is 20.4. The molecule has 38 heavy (non-hydrogen) atoms. The molecule has 2 fully saturated rings. The standard InChI is InChI=1S/C28H27N5O4S/c1-17-6-7-18(10-25(17)38(2,36)37)27(34)30-14-21-11-24-19(13-29-21)8-9-23(31-24)22-4-3-5-26(32-22)33-15-20-12-28(20,35)16-33/h3-11,13,20,35H,12,14-16H2,1-2H3,(H,30,34)/t20-,28-/m0/s1. The van der Waals surface area contributed by atoms with Crippen LogP contribution in [0.15, 0.2) is 65.7 Å². The number of aryl methyl sites for hydroxylation is 1. The van der Waals surface area contributed by atoms with Crippen molar-refractivity contribution in [2.75, 3.05) is 24.2 Å². The van der Waals surface area contributed by atoms with Crippen molar-refractivity contribution in [3.63, 3.8) is 0 Å². The molecule has 10 heteroatoms. The SMILES string of the molecule is Cc1ccc(C(=O)NCc2cc3nc(-c4cccc(N5C[C@@H]6C[C@]6(O)C5)n4)ccc3cn2)cc1S(C)(=O)=O. The molecule has 1 amide bonds. The fourth-order valence-electron chi connectivity index (χ4n) is 5.08. The van der Waals surface area contributed by atoms with Gasteiger partial charge in [-0.05, 0) is 61.4 Å². The summed E-state index contributed by atoms with van der Waals surface area (Å²) < 4.78 is 24.0. The van der Waals surface area contributed by atoms with Gasteiger partial charge in [0, 0.05) is 42.4 Å². The molecular weight excluding hydrogens is 502 g/mol. The van der Waals surface area contributed by atoms with E-state index in [4.69, 9.17) is 9.97 Å². The number of piperidine rings is 1. The minimum atomic E-state index is -3.44. The van der Waals surface area contributed by atoms with Gasteiger partial charge in [-0.2, -0.15) is 0 Å². The van der Waals surface area contributed by atoms with E-state index in [2.05, 4.69) is 15.2 Å². The number of fused-ring (bicyclic) bond motifs is 2. The number of carbonyl (C=O) groups is 1. The van der Waals surface area contributed by atoms with E-state index in [1.807, 2.05) is 36.4 Å². The summed E-state index contributed by atoms with van der Waals surface area (Å²) in [5.74, 6) is 0.785. The van der Waals surface area contributed by atoms with Gasteiger partial charge in [0.15, 0.2) is 9.84 Å². The molecule has 9 nitrogen and oxygen atoms in total. The average molecular weight is 530 g/mol. The molecule has 1 aliphatic carbocycles. The lowest BCUT2D eigenvalue weighted by Gasteiger charge is -2.20. The zero-order valence-electron chi connectivity index (χ0n) is 21.0. The highest BCUT2D eigenvalue weighted by Crippen LogP contribution is 2.50. The van der Waals surface area contributed by atoms with Crippen molar-refractivity contribution in [1.29, 1.82) is 0 Å². The number of aromatic nitrogens is 3. The maximum Gasteiger partial charge on any atom is 0.251 e. The van der Waals surface area contributed by atoms with E-state index in [1.54, 1.807) is 25.3 Å². The van der Waals surface area contributed by atoms with E-state index in [9.17, 15) is 18.3 Å². The first-order chi connectivity index (χ1) is 18.1. The van der Waals surface area contributed by atoms with E-state index >= 15 is 0 Å². The molecule has 1 aromatic carbocycles. The predicted octanol–water partition coefficient (Wildman–Crippen LogP) is 2.90. The number of benzene rings is 1. The Kier molecular flexibility index (Phi) is 5.69. The van der Waals surface area contributed by atoms with Gasteiger partial charge in [-0.15, -0.1) is 0 Å². The Bertz CT molecular complexity index is 1710. The highest BCUT2D eigenvalue weighted by molar-refractivity contribution is 7.90. The number of hydrogen-bond donors (Lipinski definition) is 2. The van der Waals surface area contributed by atoms with Crippen molar-refractivity contribution in [1.82, 2.24) is 20.3 Å². The summed E-state index contributed by atoms with van der Waals surface area (Å²) >= 11 is 0. The van der Waals surface area contributed by atoms with Crippen LogP contribution in [-0.4, -0.2) is 59.3 Å². The molecule has 4 heterocycles. The van der Waals surface area contributed by atoms with Gasteiger partial charge < -0.3 is 15.3 Å². The molecule has 2 atom stereocenters. The molecule has 194 valence electrons. The largest absolute Gasteiger partial charge is 0.388 e. The van der Waals surface area contributed by atoms with Gasteiger partial charge in [0.1, 0.15) is 5.82 Å². The maximum absolute atomic E-state index is 12.7. The number of hydrogen-bond acceptors (Lipinski definition) is 8. The number of aliphatic hydroxyl groups is 1. The van der Waals surface area contributed by atoms with Crippen LogP contribution in [0.3, 0.4) is 0 Å². The summed E-state index contributed by atoms with van der Waals surface area (Å²) in [6.07, 6.45) is 3.71. The van der Waals surface area contributed by atoms with Gasteiger partial charge in [-0.3, -0.25) is 9.78 Å². The van der Waals surface area contributed by atoms with Crippen LogP contribution in [0.1, 0.15) is 28.0 Å². The summed E-state index contributed by atoms with van der Waals surface area (Å²) in [6.45, 7) is 3.29. The summed E-state index contributed by atoms with van der Waals surface area (Å²) in [4.78, 5) is 29.0. The van der Waals surface area contributed by atoms with E-state index in [0.717, 1.165) is 47.3 Å². The third-order valence-corrected chi connectivity index (χ3v) is 8.57. The van der Waals surface area contributed by atoms with Crippen LogP contribution in [0, 0.1) is 12.8 Å². The molecular formula is C28H27N5O4S. The Balaban J connectivity index is 1.20. The molecule has 1 saturated carbocycles. The maximum atomic E-state index is 12.7. The highest BCUT2D eigenvalue weighted by Gasteiger charge is 2.59. The summed E-state index contributed by atoms with van der Waals surface area (Å²) in [7, 11) is -3.44. The summed E-state index contributed by atoms with van der Waals surface area (Å²) in [6, 6.07) is 16.1. The van der Waals surface area contributed by atoms with Crippen molar-refractivity contribution in [2.24, 2.45) is 5.92 Å². The van der Waals surface area contributed by atoms with Gasteiger partial charge in [-0.25, -0.2) is 18.4 Å². The van der Waals surface area contributed by atoms with Crippen molar-refractivity contribution in [3.05, 3.63) is 77.6 Å². The number of pyridine rings is 3. The molecule has 2 N–H and O–H groups in total. The predicted molar refractivity (Wildman–Crippen MR) is 143 cm³/mol. The lowest BCUT2D eigenvalue weighted by Crippen LogP contribution is -2.27. The van der Waals surface area contributed by atoms with Crippen molar-refractivity contribution in [3.8, 4) is 11.4 Å². The second-order valence-corrected chi connectivity index (χ2v) is 12.3. The number of carbonyl (C=O) groups excluding carboxylic acids is 1. The first kappa shape index (κ1) is 24.4. The third-order valence-electron chi connectivity index (χ3n) is 7.34. The topological polar surface area (TPSA) is 125 Å². The minimum Gasteiger partial charge on any atom is -0.388 e. The molecule has 0 spiro atoms. The Morgan fingerprint density at radius 2 is 1.95 bits per heavy atom. The Morgan fingerprint density at radius 1 is 1.13 bits per heavy atom. The molecule has 4 aromatic rings. The van der Waals surface area contributed by atoms with Crippen LogP contribution in [0.5, 0.6) is 0 Å². The monoisotopic (exact) mass is 529 g/mol. The Hall–Kier alpha value is -3.89. The first-order valence-electron chi connectivity index (χ1n) is 12.4. The number of β-amino-alcohol motifs (C(OH)–C–C–N with tert-alkyl or cyclic N) is 1. The number of nitrogens with zero attached hydrogens (tertiary/aromatic N) is 4. The minimum absolute atomic E-state index is 0.140. The van der Waals surface area contributed by atoms with Crippen LogP contribution in [0.25, 0.3) is 22.3 Å². The first-order valence-corrected chi connectivity index (χ1v) is 14.3. The van der Waals surface area contributed by atoms with Crippen molar-refractivity contribution >= 4 is 32.5 Å². The lowest BCUT2D eigenvalue weighted by atomic mass is 10.1. The molecule has 3 aromatic heterocycles. The quantitative estimate of drug-likeness (QED) is 0.391. The van der Waals surface area contributed by atoms with Crippen molar-refractivity contribution < 1.29 is 18.3 Å². The second kappa shape index (κ2) is 8.85. The molecule has 0 unspecified atom stereocenters.